The average molecular weight is 338 g/mol. The van der Waals surface area contributed by atoms with E-state index in [-0.39, 0.29) is 17.7 Å². The molecule has 0 radical (unpaired) electrons. The van der Waals surface area contributed by atoms with Crippen LogP contribution in [0.4, 0.5) is 5.69 Å². The number of aromatic nitrogens is 2. The first kappa shape index (κ1) is 17.1. The van der Waals surface area contributed by atoms with Crippen molar-refractivity contribution in [3.63, 3.8) is 0 Å². The highest BCUT2D eigenvalue weighted by Crippen LogP contribution is 2.28. The molecule has 1 saturated carbocycles. The van der Waals surface area contributed by atoms with E-state index in [1.165, 1.54) is 6.92 Å². The number of hydrogen-bond acceptors (Lipinski definition) is 4. The van der Waals surface area contributed by atoms with Gasteiger partial charge in [0.05, 0.1) is 18.1 Å². The number of anilines is 1. The quantitative estimate of drug-likeness (QED) is 0.878. The molecular formula is C19H22N4O2. The second-order valence-corrected chi connectivity index (χ2v) is 6.37. The van der Waals surface area contributed by atoms with Crippen LogP contribution in [0.25, 0.3) is 11.4 Å². The Morgan fingerprint density at radius 2 is 1.72 bits per heavy atom. The first-order valence-corrected chi connectivity index (χ1v) is 8.59. The summed E-state index contributed by atoms with van der Waals surface area (Å²) >= 11 is 0. The monoisotopic (exact) mass is 338 g/mol. The van der Waals surface area contributed by atoms with Gasteiger partial charge in [0.25, 0.3) is 0 Å². The number of rotatable bonds is 5. The zero-order valence-electron chi connectivity index (χ0n) is 14.2. The summed E-state index contributed by atoms with van der Waals surface area (Å²) in [6, 6.07) is 9.14. The third-order valence-corrected chi connectivity index (χ3v) is 4.46. The van der Waals surface area contributed by atoms with Gasteiger partial charge in [0.15, 0.2) is 5.82 Å². The van der Waals surface area contributed by atoms with E-state index in [2.05, 4.69) is 20.6 Å². The molecule has 0 bridgehead atoms. The van der Waals surface area contributed by atoms with Crippen LogP contribution in [0.2, 0.25) is 0 Å². The van der Waals surface area contributed by atoms with Crippen molar-refractivity contribution in [2.24, 2.45) is 5.92 Å². The zero-order chi connectivity index (χ0) is 17.6. The molecule has 1 aromatic heterocycles. The third kappa shape index (κ3) is 4.41. The summed E-state index contributed by atoms with van der Waals surface area (Å²) < 4.78 is 0. The topological polar surface area (TPSA) is 84.0 Å². The highest BCUT2D eigenvalue weighted by atomic mass is 16.2. The fraction of sp³-hybridized carbons (Fsp3) is 0.368. The summed E-state index contributed by atoms with van der Waals surface area (Å²) in [7, 11) is 0. The van der Waals surface area contributed by atoms with Crippen LogP contribution >= 0.6 is 0 Å². The Labute approximate surface area is 147 Å². The van der Waals surface area contributed by atoms with E-state index < -0.39 is 6.04 Å². The summed E-state index contributed by atoms with van der Waals surface area (Å²) in [5, 5.41) is 5.61. The molecule has 25 heavy (non-hydrogen) atoms. The SMILES string of the molecule is CC(=O)NC(C(=O)Nc1cnc(-c2ccccc2)nc1)C1CCCC1. The minimum Gasteiger partial charge on any atom is -0.344 e. The van der Waals surface area contributed by atoms with E-state index in [0.29, 0.717) is 11.5 Å². The number of carbonyl (C=O) groups excluding carboxylic acids is 2. The van der Waals surface area contributed by atoms with Crippen LogP contribution in [0.5, 0.6) is 0 Å². The average Bonchev–Trinajstić information content (AvgIpc) is 3.15. The predicted octanol–water partition coefficient (Wildman–Crippen LogP) is 2.78. The van der Waals surface area contributed by atoms with Crippen molar-refractivity contribution in [3.8, 4) is 11.4 Å². The molecule has 0 spiro atoms. The molecule has 1 unspecified atom stereocenters. The van der Waals surface area contributed by atoms with Gasteiger partial charge in [-0.25, -0.2) is 9.97 Å². The summed E-state index contributed by atoms with van der Waals surface area (Å²) in [4.78, 5) is 32.7. The van der Waals surface area contributed by atoms with Crippen LogP contribution in [0.1, 0.15) is 32.6 Å². The highest BCUT2D eigenvalue weighted by Gasteiger charge is 2.31. The summed E-state index contributed by atoms with van der Waals surface area (Å²) in [5.74, 6) is 0.391. The number of carbonyl (C=O) groups is 2. The summed E-state index contributed by atoms with van der Waals surface area (Å²) in [5.41, 5.74) is 1.44. The molecule has 1 heterocycles. The van der Waals surface area contributed by atoms with Gasteiger partial charge >= 0.3 is 0 Å². The number of nitrogens with zero attached hydrogens (tertiary/aromatic N) is 2. The molecule has 2 aromatic rings. The van der Waals surface area contributed by atoms with Crippen molar-refractivity contribution in [2.45, 2.75) is 38.6 Å². The fourth-order valence-corrected chi connectivity index (χ4v) is 3.26. The molecule has 6 heteroatoms. The van der Waals surface area contributed by atoms with E-state index >= 15 is 0 Å². The second kappa shape index (κ2) is 7.88. The van der Waals surface area contributed by atoms with Crippen molar-refractivity contribution in [2.75, 3.05) is 5.32 Å². The Morgan fingerprint density at radius 1 is 1.08 bits per heavy atom. The van der Waals surface area contributed by atoms with Crippen molar-refractivity contribution in [1.82, 2.24) is 15.3 Å². The molecule has 1 atom stereocenters. The Kier molecular flexibility index (Phi) is 5.38. The van der Waals surface area contributed by atoms with Gasteiger partial charge in [-0.3, -0.25) is 9.59 Å². The van der Waals surface area contributed by atoms with E-state index in [0.717, 1.165) is 31.2 Å². The first-order valence-electron chi connectivity index (χ1n) is 8.59. The minimum atomic E-state index is -0.506. The molecule has 1 aromatic carbocycles. The second-order valence-electron chi connectivity index (χ2n) is 6.37. The van der Waals surface area contributed by atoms with Crippen molar-refractivity contribution in [3.05, 3.63) is 42.7 Å². The van der Waals surface area contributed by atoms with Crippen molar-refractivity contribution in [1.29, 1.82) is 0 Å². The molecule has 3 rings (SSSR count). The number of nitrogens with one attached hydrogen (secondary N) is 2. The van der Waals surface area contributed by atoms with Crippen LogP contribution in [0.15, 0.2) is 42.7 Å². The van der Waals surface area contributed by atoms with Gasteiger partial charge in [0.1, 0.15) is 6.04 Å². The zero-order valence-corrected chi connectivity index (χ0v) is 14.2. The standard InChI is InChI=1S/C19H22N4O2/c1-13(24)22-17(14-7-5-6-8-14)19(25)23-16-11-20-18(21-12-16)15-9-3-2-4-10-15/h2-4,9-12,14,17H,5-8H2,1H3,(H,22,24)(H,23,25). The van der Waals surface area contributed by atoms with Crippen LogP contribution in [-0.2, 0) is 9.59 Å². The molecule has 1 fully saturated rings. The van der Waals surface area contributed by atoms with Crippen LogP contribution < -0.4 is 10.6 Å². The Balaban J connectivity index is 1.69. The van der Waals surface area contributed by atoms with Crippen LogP contribution in [-0.4, -0.2) is 27.8 Å². The Hall–Kier alpha value is -2.76. The van der Waals surface area contributed by atoms with Crippen molar-refractivity contribution >= 4 is 17.5 Å². The lowest BCUT2D eigenvalue weighted by atomic mass is 9.97. The number of benzene rings is 1. The first-order chi connectivity index (χ1) is 12.1. The minimum absolute atomic E-state index is 0.188. The van der Waals surface area contributed by atoms with E-state index in [4.69, 9.17) is 0 Å². The summed E-state index contributed by atoms with van der Waals surface area (Å²) in [6.07, 6.45) is 7.30. The molecule has 1 aliphatic rings. The van der Waals surface area contributed by atoms with Gasteiger partial charge in [-0.05, 0) is 18.8 Å². The molecule has 2 amide bonds. The van der Waals surface area contributed by atoms with Gasteiger partial charge in [-0.2, -0.15) is 0 Å². The lowest BCUT2D eigenvalue weighted by molar-refractivity contribution is -0.126. The molecular weight excluding hydrogens is 316 g/mol. The Morgan fingerprint density at radius 3 is 2.32 bits per heavy atom. The molecule has 0 aliphatic heterocycles. The normalized spacial score (nSPS) is 15.6. The van der Waals surface area contributed by atoms with Crippen LogP contribution in [0, 0.1) is 5.92 Å². The van der Waals surface area contributed by atoms with Gasteiger partial charge in [-0.1, -0.05) is 43.2 Å². The maximum absolute atomic E-state index is 12.6. The molecule has 2 N–H and O–H groups in total. The van der Waals surface area contributed by atoms with Gasteiger partial charge in [0, 0.05) is 12.5 Å². The van der Waals surface area contributed by atoms with E-state index in [1.54, 1.807) is 12.4 Å². The van der Waals surface area contributed by atoms with E-state index in [9.17, 15) is 9.59 Å². The largest absolute Gasteiger partial charge is 0.344 e. The van der Waals surface area contributed by atoms with Crippen LogP contribution in [0.3, 0.4) is 0 Å². The maximum Gasteiger partial charge on any atom is 0.247 e. The lowest BCUT2D eigenvalue weighted by Crippen LogP contribution is -2.47. The van der Waals surface area contributed by atoms with Gasteiger partial charge in [-0.15, -0.1) is 0 Å². The molecule has 130 valence electrons. The number of amides is 2. The van der Waals surface area contributed by atoms with Gasteiger partial charge in [0.2, 0.25) is 11.8 Å². The van der Waals surface area contributed by atoms with E-state index in [1.807, 2.05) is 30.3 Å². The highest BCUT2D eigenvalue weighted by molar-refractivity contribution is 5.97. The fourth-order valence-electron chi connectivity index (χ4n) is 3.26. The van der Waals surface area contributed by atoms with Crippen molar-refractivity contribution < 1.29 is 9.59 Å². The molecule has 1 aliphatic carbocycles. The Bertz CT molecular complexity index is 725. The smallest absolute Gasteiger partial charge is 0.247 e. The molecule has 6 nitrogen and oxygen atoms in total. The maximum atomic E-state index is 12.6. The summed E-state index contributed by atoms with van der Waals surface area (Å²) in [6.45, 7) is 1.44. The lowest BCUT2D eigenvalue weighted by Gasteiger charge is -2.23. The predicted molar refractivity (Wildman–Crippen MR) is 95.7 cm³/mol. The number of hydrogen-bond donors (Lipinski definition) is 2. The van der Waals surface area contributed by atoms with Gasteiger partial charge < -0.3 is 10.6 Å². The molecule has 0 saturated heterocycles. The third-order valence-electron chi connectivity index (χ3n) is 4.46.